The second-order valence-corrected chi connectivity index (χ2v) is 10.8. The Balaban J connectivity index is 1.63. The van der Waals surface area contributed by atoms with E-state index in [4.69, 9.17) is 23.2 Å². The van der Waals surface area contributed by atoms with Gasteiger partial charge in [0, 0.05) is 31.3 Å². The summed E-state index contributed by atoms with van der Waals surface area (Å²) >= 11 is 12.1. The molecule has 0 fully saturated rings. The quantitative estimate of drug-likeness (QED) is 0.154. The topological polar surface area (TPSA) is 15.3 Å². The van der Waals surface area contributed by atoms with Gasteiger partial charge in [-0.3, -0.25) is 0 Å². The minimum atomic E-state index is -4.63. The van der Waals surface area contributed by atoms with Crippen molar-refractivity contribution in [2.45, 2.75) is 39.3 Å². The lowest BCUT2D eigenvalue weighted by atomic mass is 10.1. The number of imidazole rings is 1. The first kappa shape index (κ1) is 30.8. The Morgan fingerprint density at radius 2 is 1.40 bits per heavy atom. The minimum absolute atomic E-state index is 0.296. The number of hydrogen-bond acceptors (Lipinski definition) is 2. The van der Waals surface area contributed by atoms with Crippen LogP contribution >= 0.6 is 23.2 Å². The van der Waals surface area contributed by atoms with Crippen molar-refractivity contribution < 1.29 is 30.9 Å². The molecule has 0 bridgehead atoms. The summed E-state index contributed by atoms with van der Waals surface area (Å²) in [5.41, 5.74) is 0.852. The van der Waals surface area contributed by atoms with Crippen molar-refractivity contribution in [3.05, 3.63) is 105 Å². The molecule has 0 saturated carbocycles. The first-order chi connectivity index (χ1) is 20.3. The number of fused-ring (bicyclic) bond motifs is 2. The molecule has 0 aliphatic carbocycles. The highest BCUT2D eigenvalue weighted by molar-refractivity contribution is 6.32. The van der Waals surface area contributed by atoms with E-state index < -0.39 is 28.5 Å². The highest BCUT2D eigenvalue weighted by atomic mass is 35.5. The number of aryl methyl sites for hydroxylation is 2. The monoisotopic (exact) mass is 639 g/mol. The Labute approximate surface area is 254 Å². The van der Waals surface area contributed by atoms with E-state index in [0.717, 1.165) is 17.7 Å². The number of anilines is 2. The molecule has 1 aromatic heterocycles. The number of allylic oxidation sites excluding steroid dienone is 2. The molecule has 0 atom stereocenters. The van der Waals surface area contributed by atoms with Gasteiger partial charge in [0.1, 0.15) is 5.82 Å². The lowest BCUT2D eigenvalue weighted by Crippen LogP contribution is -2.31. The minimum Gasteiger partial charge on any atom is -0.326 e. The van der Waals surface area contributed by atoms with Crippen molar-refractivity contribution >= 4 is 51.7 Å². The number of nitrogens with zero attached hydrogens (tertiary/aromatic N) is 4. The van der Waals surface area contributed by atoms with Gasteiger partial charge < -0.3 is 9.80 Å². The van der Waals surface area contributed by atoms with Gasteiger partial charge in [-0.2, -0.15) is 26.3 Å². The molecular formula is C31H27Cl2F6N4+. The van der Waals surface area contributed by atoms with Crippen LogP contribution in [0.5, 0.6) is 0 Å². The van der Waals surface area contributed by atoms with Gasteiger partial charge >= 0.3 is 12.4 Å². The number of hydrogen-bond donors (Lipinski definition) is 0. The Morgan fingerprint density at radius 1 is 0.791 bits per heavy atom. The number of benzene rings is 3. The number of alkyl halides is 6. The van der Waals surface area contributed by atoms with Crippen LogP contribution in [0, 0.1) is 0 Å². The maximum absolute atomic E-state index is 13.8. The second-order valence-electron chi connectivity index (χ2n) is 10.00. The van der Waals surface area contributed by atoms with Crippen LogP contribution < -0.4 is 14.4 Å². The summed E-state index contributed by atoms with van der Waals surface area (Å²) in [6.07, 6.45) is -3.97. The molecule has 0 radical (unpaired) electrons. The van der Waals surface area contributed by atoms with Gasteiger partial charge in [0.25, 0.3) is 5.82 Å². The van der Waals surface area contributed by atoms with Crippen LogP contribution in [0.4, 0.5) is 37.7 Å². The van der Waals surface area contributed by atoms with Crippen LogP contribution in [0.3, 0.4) is 0 Å². The Hall–Kier alpha value is -3.63. The Morgan fingerprint density at radius 3 is 2.00 bits per heavy atom. The predicted molar refractivity (Wildman–Crippen MR) is 158 cm³/mol. The van der Waals surface area contributed by atoms with Gasteiger partial charge in [0.2, 0.25) is 0 Å². The van der Waals surface area contributed by atoms with Gasteiger partial charge in [0.05, 0.1) is 46.1 Å². The highest BCUT2D eigenvalue weighted by Gasteiger charge is 2.39. The third-order valence-electron chi connectivity index (χ3n) is 7.45. The van der Waals surface area contributed by atoms with Gasteiger partial charge in [0.15, 0.2) is 11.0 Å². The van der Waals surface area contributed by atoms with Crippen molar-refractivity contribution in [3.63, 3.8) is 0 Å². The average molecular weight is 640 g/mol. The first-order valence-electron chi connectivity index (χ1n) is 13.4. The smallest absolute Gasteiger partial charge is 0.326 e. The summed E-state index contributed by atoms with van der Waals surface area (Å²) in [6, 6.07) is 14.1. The molecule has 5 rings (SSSR count). The maximum atomic E-state index is 13.8. The van der Waals surface area contributed by atoms with Gasteiger partial charge in [-0.1, -0.05) is 59.6 Å². The molecular weight excluding hydrogens is 613 g/mol. The largest absolute Gasteiger partial charge is 0.418 e. The van der Waals surface area contributed by atoms with Crippen molar-refractivity contribution in [2.24, 2.45) is 7.05 Å². The zero-order chi connectivity index (χ0) is 31.3. The van der Waals surface area contributed by atoms with Crippen LogP contribution in [-0.4, -0.2) is 11.1 Å². The summed E-state index contributed by atoms with van der Waals surface area (Å²) < 4.78 is 85.7. The van der Waals surface area contributed by atoms with Gasteiger partial charge in [-0.25, -0.2) is 9.13 Å². The first-order valence-corrected chi connectivity index (χ1v) is 14.2. The van der Waals surface area contributed by atoms with E-state index in [-0.39, 0.29) is 5.02 Å². The Bertz CT molecular complexity index is 1740. The zero-order valence-corrected chi connectivity index (χ0v) is 24.9. The lowest BCUT2D eigenvalue weighted by Gasteiger charge is -2.24. The van der Waals surface area contributed by atoms with Crippen molar-refractivity contribution in [2.75, 3.05) is 16.3 Å². The Kier molecular flexibility index (Phi) is 8.22. The summed E-state index contributed by atoms with van der Waals surface area (Å²) in [4.78, 5) is 3.67. The standard InChI is InChI=1S/C31H27Cl2F6N4/c1-4-41-26-16-22(32)20(30(34,35)36)14-24(26)40(3)28(41)12-9-13-29-42(5-2)27-17-23(33)21(31(37,38)39)15-25(27)43(29)18-19-10-7-6-8-11-19/h6-17H,4-5,18H2,1-3H3/q+1. The molecule has 4 nitrogen and oxygen atoms in total. The number of rotatable bonds is 6. The molecule has 0 saturated heterocycles. The fraction of sp³-hybridized carbons (Fsp3) is 0.258. The summed E-state index contributed by atoms with van der Waals surface area (Å²) in [7, 11) is 1.67. The van der Waals surface area contributed by atoms with E-state index in [9.17, 15) is 26.3 Å². The molecule has 2 heterocycles. The van der Waals surface area contributed by atoms with Crippen molar-refractivity contribution in [3.8, 4) is 0 Å². The van der Waals surface area contributed by atoms with Gasteiger partial charge in [-0.05, 0) is 37.6 Å². The van der Waals surface area contributed by atoms with Crippen LogP contribution in [0.15, 0.2) is 72.6 Å². The fourth-order valence-corrected chi connectivity index (χ4v) is 6.00. The summed E-state index contributed by atoms with van der Waals surface area (Å²) in [6.45, 7) is 4.96. The molecule has 0 N–H and O–H groups in total. The fourth-order valence-electron chi connectivity index (χ4n) is 5.47. The average Bonchev–Trinajstić information content (AvgIpc) is 3.36. The van der Waals surface area contributed by atoms with E-state index in [1.807, 2.05) is 53.6 Å². The van der Waals surface area contributed by atoms with Crippen LogP contribution in [0.1, 0.15) is 36.4 Å². The highest BCUT2D eigenvalue weighted by Crippen LogP contribution is 2.48. The molecule has 0 amide bonds. The maximum Gasteiger partial charge on any atom is 0.418 e. The third kappa shape index (κ3) is 5.70. The van der Waals surface area contributed by atoms with Crippen molar-refractivity contribution in [1.82, 2.24) is 4.57 Å². The molecule has 0 spiro atoms. The van der Waals surface area contributed by atoms with E-state index in [0.29, 0.717) is 53.7 Å². The van der Waals surface area contributed by atoms with Crippen LogP contribution in [0.2, 0.25) is 10.0 Å². The van der Waals surface area contributed by atoms with Gasteiger partial charge in [-0.15, -0.1) is 0 Å². The van der Waals surface area contributed by atoms with E-state index in [2.05, 4.69) is 0 Å². The number of halogens is 8. The van der Waals surface area contributed by atoms with E-state index in [1.165, 1.54) is 12.1 Å². The molecule has 1 aliphatic heterocycles. The summed E-state index contributed by atoms with van der Waals surface area (Å²) in [5.74, 6) is 1.23. The lowest BCUT2D eigenvalue weighted by molar-refractivity contribution is -0.647. The van der Waals surface area contributed by atoms with Crippen molar-refractivity contribution in [1.29, 1.82) is 0 Å². The molecule has 43 heavy (non-hydrogen) atoms. The molecule has 0 unspecified atom stereocenters. The number of aromatic nitrogens is 2. The van der Waals surface area contributed by atoms with Crippen LogP contribution in [-0.2, 0) is 32.5 Å². The molecule has 1 aliphatic rings. The van der Waals surface area contributed by atoms with E-state index >= 15 is 0 Å². The molecule has 4 aromatic rings. The molecule has 12 heteroatoms. The molecule has 3 aromatic carbocycles. The second kappa shape index (κ2) is 11.5. The normalized spacial score (nSPS) is 15.0. The molecule has 226 valence electrons. The predicted octanol–water partition coefficient (Wildman–Crippen LogP) is 9.23. The third-order valence-corrected chi connectivity index (χ3v) is 8.08. The van der Waals surface area contributed by atoms with E-state index in [1.54, 1.807) is 34.7 Å². The van der Waals surface area contributed by atoms with Crippen LogP contribution in [0.25, 0.3) is 17.1 Å². The summed E-state index contributed by atoms with van der Waals surface area (Å²) in [5, 5.41) is -0.779. The SMILES string of the molecule is CCN1/C(=C\C=C\c2n(CC)c3cc(Cl)c(C(F)(F)F)cc3[n+]2C)N(Cc2ccccc2)c2cc(C(F)(F)F)c(Cl)cc21. The zero-order valence-electron chi connectivity index (χ0n) is 23.4.